The maximum absolute atomic E-state index is 11.1. The molecule has 0 spiro atoms. The molecule has 18 heavy (non-hydrogen) atoms. The maximum atomic E-state index is 11.1. The number of nitro benzene ring substituents is 1. The van der Waals surface area contributed by atoms with E-state index in [1.165, 1.54) is 6.07 Å². The molecule has 0 aromatic heterocycles. The number of hydrogen-bond acceptors (Lipinski definition) is 6. The molecule has 1 aromatic rings. The molecule has 1 aromatic carbocycles. The smallest absolute Gasteiger partial charge is 0.321 e. The highest BCUT2D eigenvalue weighted by Gasteiger charge is 2.32. The van der Waals surface area contributed by atoms with Gasteiger partial charge in [-0.25, -0.2) is 0 Å². The van der Waals surface area contributed by atoms with Crippen LogP contribution in [0.15, 0.2) is 12.1 Å². The van der Waals surface area contributed by atoms with Crippen molar-refractivity contribution < 1.29 is 23.9 Å². The second-order valence-electron chi connectivity index (χ2n) is 3.62. The van der Waals surface area contributed by atoms with Gasteiger partial charge in [0, 0.05) is 0 Å². The summed E-state index contributed by atoms with van der Waals surface area (Å²) in [5, 5.41) is 11.1. The Kier molecular flexibility index (Phi) is 3.31. The van der Waals surface area contributed by atoms with E-state index in [9.17, 15) is 14.9 Å². The largest absolute Gasteiger partial charge is 0.459 e. The Morgan fingerprint density at radius 1 is 1.56 bits per heavy atom. The Bertz CT molecular complexity index is 487. The third-order valence-electron chi connectivity index (χ3n) is 2.66. The minimum Gasteiger partial charge on any atom is -0.459 e. The van der Waals surface area contributed by atoms with Crippen LogP contribution in [0.4, 0.5) is 5.69 Å². The van der Waals surface area contributed by atoms with E-state index < -0.39 is 11.0 Å². The highest BCUT2D eigenvalue weighted by atomic mass is 16.7. The van der Waals surface area contributed by atoms with Crippen molar-refractivity contribution in [1.29, 1.82) is 0 Å². The van der Waals surface area contributed by atoms with Gasteiger partial charge in [-0.1, -0.05) is 6.92 Å². The van der Waals surface area contributed by atoms with Crippen LogP contribution < -0.4 is 9.47 Å². The lowest BCUT2D eigenvalue weighted by atomic mass is 10.0. The number of carbonyl (C=O) groups excluding carboxylic acids is 1. The van der Waals surface area contributed by atoms with Gasteiger partial charge in [0.15, 0.2) is 5.75 Å². The van der Waals surface area contributed by atoms with E-state index in [4.69, 9.17) is 14.2 Å². The monoisotopic (exact) mass is 253 g/mol. The van der Waals surface area contributed by atoms with Crippen molar-refractivity contribution in [2.24, 2.45) is 0 Å². The third kappa shape index (κ3) is 1.94. The molecule has 1 unspecified atom stereocenters. The van der Waals surface area contributed by atoms with E-state index in [0.717, 1.165) is 0 Å². The van der Waals surface area contributed by atoms with Crippen molar-refractivity contribution in [3.63, 3.8) is 0 Å². The van der Waals surface area contributed by atoms with Gasteiger partial charge in [-0.3, -0.25) is 14.9 Å². The first-order valence-electron chi connectivity index (χ1n) is 5.35. The first-order chi connectivity index (χ1) is 8.69. The second kappa shape index (κ2) is 4.91. The lowest BCUT2D eigenvalue weighted by Crippen LogP contribution is -2.06. The zero-order chi connectivity index (χ0) is 13.1. The highest BCUT2D eigenvalue weighted by molar-refractivity contribution is 5.62. The van der Waals surface area contributed by atoms with Crippen LogP contribution in [-0.4, -0.2) is 18.2 Å². The molecule has 0 saturated heterocycles. The normalized spacial score (nSPS) is 14.1. The van der Waals surface area contributed by atoms with Crippen LogP contribution in [0.25, 0.3) is 0 Å². The minimum absolute atomic E-state index is 0.0506. The standard InChI is InChI=1S/C11H11NO6/c1-2-8(16-5-13)7-3-4-9-11(18-6-17-9)10(7)12(14)15/h3-5,8H,2,6H2,1H3. The second-order valence-corrected chi connectivity index (χ2v) is 3.62. The summed E-state index contributed by atoms with van der Waals surface area (Å²) in [5.41, 5.74) is 0.0950. The van der Waals surface area contributed by atoms with Gasteiger partial charge in [0.25, 0.3) is 6.47 Å². The van der Waals surface area contributed by atoms with Gasteiger partial charge in [-0.15, -0.1) is 0 Å². The Balaban J connectivity index is 2.53. The molecule has 0 N–H and O–H groups in total. The molecular weight excluding hydrogens is 242 g/mol. The minimum atomic E-state index is -0.669. The number of ether oxygens (including phenoxy) is 3. The topological polar surface area (TPSA) is 87.9 Å². The molecule has 2 rings (SSSR count). The van der Waals surface area contributed by atoms with Crippen LogP contribution in [0.3, 0.4) is 0 Å². The third-order valence-corrected chi connectivity index (χ3v) is 2.66. The number of nitro groups is 1. The number of rotatable bonds is 5. The van der Waals surface area contributed by atoms with Crippen LogP contribution in [0.2, 0.25) is 0 Å². The van der Waals surface area contributed by atoms with E-state index in [0.29, 0.717) is 17.7 Å². The van der Waals surface area contributed by atoms with Gasteiger partial charge in [-0.05, 0) is 18.6 Å². The van der Waals surface area contributed by atoms with Crippen LogP contribution in [0, 0.1) is 10.1 Å². The molecule has 0 aliphatic carbocycles. The lowest BCUT2D eigenvalue weighted by molar-refractivity contribution is -0.387. The van der Waals surface area contributed by atoms with Gasteiger partial charge in [0.1, 0.15) is 6.10 Å². The van der Waals surface area contributed by atoms with Crippen LogP contribution in [-0.2, 0) is 9.53 Å². The fourth-order valence-electron chi connectivity index (χ4n) is 1.88. The molecule has 1 aliphatic rings. The zero-order valence-electron chi connectivity index (χ0n) is 9.62. The van der Waals surface area contributed by atoms with Crippen molar-refractivity contribution >= 4 is 12.2 Å². The average Bonchev–Trinajstić information content (AvgIpc) is 2.82. The van der Waals surface area contributed by atoms with E-state index in [1.54, 1.807) is 13.0 Å². The highest BCUT2D eigenvalue weighted by Crippen LogP contribution is 2.45. The summed E-state index contributed by atoms with van der Waals surface area (Å²) in [7, 11) is 0. The molecule has 96 valence electrons. The quantitative estimate of drug-likeness (QED) is 0.452. The molecular formula is C11H11NO6. The lowest BCUT2D eigenvalue weighted by Gasteiger charge is -2.14. The number of fused-ring (bicyclic) bond motifs is 1. The number of benzene rings is 1. The molecule has 0 fully saturated rings. The maximum Gasteiger partial charge on any atom is 0.321 e. The summed E-state index contributed by atoms with van der Waals surface area (Å²) in [6, 6.07) is 3.09. The van der Waals surface area contributed by atoms with Crippen LogP contribution >= 0.6 is 0 Å². The van der Waals surface area contributed by atoms with Crippen molar-refractivity contribution in [1.82, 2.24) is 0 Å². The molecule has 0 radical (unpaired) electrons. The predicted octanol–water partition coefficient (Wildman–Crippen LogP) is 1.95. The first-order valence-corrected chi connectivity index (χ1v) is 5.35. The molecule has 7 heteroatoms. The number of carbonyl (C=O) groups is 1. The van der Waals surface area contributed by atoms with Crippen molar-refractivity contribution in [2.75, 3.05) is 6.79 Å². The summed E-state index contributed by atoms with van der Waals surface area (Å²) in [6.45, 7) is 2.00. The molecule has 1 aliphatic heterocycles. The first kappa shape index (κ1) is 12.2. The fourth-order valence-corrected chi connectivity index (χ4v) is 1.88. The van der Waals surface area contributed by atoms with E-state index in [1.807, 2.05) is 0 Å². The molecule has 0 saturated carbocycles. The van der Waals surface area contributed by atoms with Gasteiger partial charge >= 0.3 is 5.69 Å². The van der Waals surface area contributed by atoms with Crippen LogP contribution in [0.5, 0.6) is 11.5 Å². The summed E-state index contributed by atoms with van der Waals surface area (Å²) in [5.74, 6) is 0.414. The Hall–Kier alpha value is -2.31. The summed E-state index contributed by atoms with van der Waals surface area (Å²) in [4.78, 5) is 21.0. The Morgan fingerprint density at radius 2 is 2.33 bits per heavy atom. The number of hydrogen-bond donors (Lipinski definition) is 0. The van der Waals surface area contributed by atoms with Crippen molar-refractivity contribution in [3.05, 3.63) is 27.8 Å². The van der Waals surface area contributed by atoms with Gasteiger partial charge < -0.3 is 14.2 Å². The zero-order valence-corrected chi connectivity index (χ0v) is 9.62. The Labute approximate surface area is 102 Å². The SMILES string of the molecule is CCC(OC=O)c1ccc2c(c1[N+](=O)[O-])OCO2. The van der Waals surface area contributed by atoms with Gasteiger partial charge in [0.2, 0.25) is 12.5 Å². The van der Waals surface area contributed by atoms with Crippen molar-refractivity contribution in [3.8, 4) is 11.5 Å². The molecule has 0 bridgehead atoms. The van der Waals surface area contributed by atoms with E-state index >= 15 is 0 Å². The van der Waals surface area contributed by atoms with E-state index in [2.05, 4.69) is 0 Å². The molecule has 7 nitrogen and oxygen atoms in total. The van der Waals surface area contributed by atoms with Gasteiger partial charge in [0.05, 0.1) is 10.5 Å². The number of nitrogens with zero attached hydrogens (tertiary/aromatic N) is 1. The summed E-state index contributed by atoms with van der Waals surface area (Å²) >= 11 is 0. The molecule has 1 heterocycles. The van der Waals surface area contributed by atoms with Crippen molar-refractivity contribution in [2.45, 2.75) is 19.4 Å². The summed E-state index contributed by atoms with van der Waals surface area (Å²) in [6.07, 6.45) is -0.239. The fraction of sp³-hybridized carbons (Fsp3) is 0.364. The Morgan fingerprint density at radius 3 is 2.94 bits per heavy atom. The van der Waals surface area contributed by atoms with Gasteiger partial charge in [-0.2, -0.15) is 0 Å². The predicted molar refractivity (Wildman–Crippen MR) is 59.4 cm³/mol. The van der Waals surface area contributed by atoms with Crippen LogP contribution in [0.1, 0.15) is 25.0 Å². The van der Waals surface area contributed by atoms with E-state index in [-0.39, 0.29) is 24.7 Å². The average molecular weight is 253 g/mol. The molecule has 0 amide bonds. The molecule has 1 atom stereocenters. The summed E-state index contributed by atoms with van der Waals surface area (Å²) < 4.78 is 15.0.